The number of nitrogens with zero attached hydrogens (tertiary/aromatic N) is 1. The van der Waals surface area contributed by atoms with Crippen molar-refractivity contribution in [2.75, 3.05) is 13.2 Å². The summed E-state index contributed by atoms with van der Waals surface area (Å²) >= 11 is 0. The number of hydrogen-bond donors (Lipinski definition) is 2. The fourth-order valence-corrected chi connectivity index (χ4v) is 2.32. The van der Waals surface area contributed by atoms with Gasteiger partial charge >= 0.3 is 5.97 Å². The van der Waals surface area contributed by atoms with E-state index in [2.05, 4.69) is 9.73 Å². The number of benzene rings is 1. The number of aliphatic hydroxyl groups is 2. The maximum Gasteiger partial charge on any atom is 0.344 e. The van der Waals surface area contributed by atoms with Crippen molar-refractivity contribution in [3.8, 4) is 0 Å². The summed E-state index contributed by atoms with van der Waals surface area (Å²) in [5.74, 6) is -12.7. The largest absolute Gasteiger partial charge is 0.506 e. The summed E-state index contributed by atoms with van der Waals surface area (Å²) in [7, 11) is 0. The van der Waals surface area contributed by atoms with E-state index in [1.807, 2.05) is 0 Å². The van der Waals surface area contributed by atoms with Crippen molar-refractivity contribution in [1.29, 1.82) is 0 Å². The van der Waals surface area contributed by atoms with Crippen molar-refractivity contribution in [2.45, 2.75) is 19.9 Å². The van der Waals surface area contributed by atoms with Crippen LogP contribution in [0.4, 0.5) is 17.6 Å². The molecule has 0 amide bonds. The molecule has 140 valence electrons. The van der Waals surface area contributed by atoms with Crippen molar-refractivity contribution in [3.63, 3.8) is 0 Å². The third-order valence-electron chi connectivity index (χ3n) is 3.51. The highest BCUT2D eigenvalue weighted by molar-refractivity contribution is 6.59. The van der Waals surface area contributed by atoms with Crippen molar-refractivity contribution in [3.05, 3.63) is 40.0 Å². The second-order valence-corrected chi connectivity index (χ2v) is 5.29. The number of carbonyl (C=O) groups excluding carboxylic acids is 2. The smallest absolute Gasteiger partial charge is 0.344 e. The SMILES string of the molecule is CCOC(=O)C1=C(O)c2c(F)c(F)c(F)c(F)c2C(=O)C1=NC(C)CO. The molecule has 0 saturated carbocycles. The Balaban J connectivity index is 2.92. The zero-order chi connectivity index (χ0) is 19.8. The molecule has 1 aliphatic rings. The molecule has 0 saturated heterocycles. The number of halogens is 4. The molecule has 1 atom stereocenters. The Morgan fingerprint density at radius 2 is 1.65 bits per heavy atom. The number of fused-ring (bicyclic) bond motifs is 1. The second kappa shape index (κ2) is 7.24. The fourth-order valence-electron chi connectivity index (χ4n) is 2.32. The van der Waals surface area contributed by atoms with Gasteiger partial charge in [-0.1, -0.05) is 0 Å². The number of carbonyl (C=O) groups is 2. The minimum absolute atomic E-state index is 0.200. The van der Waals surface area contributed by atoms with E-state index in [1.165, 1.54) is 13.8 Å². The summed E-state index contributed by atoms with van der Waals surface area (Å²) < 4.78 is 59.8. The third kappa shape index (κ3) is 2.96. The standard InChI is InChI=1S/C16H13F4NO5/c1-3-26-16(25)8-13(21-5(2)4-22)15(24)7-6(14(8)23)9(17)11(19)12(20)10(7)18/h5,22-23H,3-4H2,1-2H3. The van der Waals surface area contributed by atoms with Crippen LogP contribution in [0.5, 0.6) is 0 Å². The highest BCUT2D eigenvalue weighted by Gasteiger charge is 2.42. The highest BCUT2D eigenvalue weighted by atomic mass is 19.2. The maximum atomic E-state index is 14.1. The van der Waals surface area contributed by atoms with Crippen LogP contribution < -0.4 is 0 Å². The molecule has 2 N–H and O–H groups in total. The van der Waals surface area contributed by atoms with Gasteiger partial charge < -0.3 is 14.9 Å². The predicted octanol–water partition coefficient (Wildman–Crippen LogP) is 2.09. The molecule has 2 rings (SSSR count). The lowest BCUT2D eigenvalue weighted by Crippen LogP contribution is -2.33. The van der Waals surface area contributed by atoms with Crippen LogP contribution in [0.15, 0.2) is 10.6 Å². The zero-order valence-electron chi connectivity index (χ0n) is 13.6. The predicted molar refractivity (Wildman–Crippen MR) is 80.8 cm³/mol. The Morgan fingerprint density at radius 3 is 2.15 bits per heavy atom. The van der Waals surface area contributed by atoms with Gasteiger partial charge in [-0.05, 0) is 13.8 Å². The van der Waals surface area contributed by atoms with E-state index in [9.17, 15) is 32.3 Å². The first-order valence-electron chi connectivity index (χ1n) is 7.37. The molecule has 0 heterocycles. The van der Waals surface area contributed by atoms with Crippen LogP contribution in [-0.4, -0.2) is 46.9 Å². The minimum Gasteiger partial charge on any atom is -0.506 e. The lowest BCUT2D eigenvalue weighted by Gasteiger charge is -2.21. The molecular formula is C16H13F4NO5. The quantitative estimate of drug-likeness (QED) is 0.364. The molecule has 0 fully saturated rings. The van der Waals surface area contributed by atoms with E-state index in [0.29, 0.717) is 0 Å². The van der Waals surface area contributed by atoms with Crippen LogP contribution in [0, 0.1) is 23.3 Å². The van der Waals surface area contributed by atoms with Crippen molar-refractivity contribution < 1.29 is 42.1 Å². The van der Waals surface area contributed by atoms with Gasteiger partial charge in [0.25, 0.3) is 0 Å². The normalized spacial score (nSPS) is 16.7. The van der Waals surface area contributed by atoms with E-state index in [-0.39, 0.29) is 6.61 Å². The first-order chi connectivity index (χ1) is 12.2. The molecular weight excluding hydrogens is 362 g/mol. The summed E-state index contributed by atoms with van der Waals surface area (Å²) in [4.78, 5) is 28.3. The molecule has 10 heteroatoms. The van der Waals surface area contributed by atoms with Crippen LogP contribution in [0.25, 0.3) is 5.76 Å². The summed E-state index contributed by atoms with van der Waals surface area (Å²) in [6.07, 6.45) is 0. The number of esters is 1. The maximum absolute atomic E-state index is 14.1. The van der Waals surface area contributed by atoms with Gasteiger partial charge in [0.15, 0.2) is 23.3 Å². The first kappa shape index (κ1) is 19.6. The van der Waals surface area contributed by atoms with Gasteiger partial charge in [-0.2, -0.15) is 0 Å². The molecule has 0 spiro atoms. The minimum atomic E-state index is -2.26. The highest BCUT2D eigenvalue weighted by Crippen LogP contribution is 2.35. The lowest BCUT2D eigenvalue weighted by atomic mass is 9.86. The van der Waals surface area contributed by atoms with E-state index in [4.69, 9.17) is 5.11 Å². The molecule has 0 aliphatic heterocycles. The van der Waals surface area contributed by atoms with E-state index < -0.39 is 75.8 Å². The van der Waals surface area contributed by atoms with Gasteiger partial charge in [0.2, 0.25) is 5.78 Å². The second-order valence-electron chi connectivity index (χ2n) is 5.29. The Labute approximate surface area is 144 Å². The Kier molecular flexibility index (Phi) is 5.45. The number of rotatable bonds is 4. The van der Waals surface area contributed by atoms with Gasteiger partial charge in [-0.25, -0.2) is 22.4 Å². The average molecular weight is 375 g/mol. The number of aliphatic hydroxyl groups excluding tert-OH is 2. The molecule has 26 heavy (non-hydrogen) atoms. The average Bonchev–Trinajstić information content (AvgIpc) is 2.60. The molecule has 1 aromatic carbocycles. The molecule has 1 unspecified atom stereocenters. The molecule has 1 aliphatic carbocycles. The topological polar surface area (TPSA) is 96.2 Å². The first-order valence-corrected chi connectivity index (χ1v) is 7.37. The molecule has 6 nitrogen and oxygen atoms in total. The summed E-state index contributed by atoms with van der Waals surface area (Å²) in [6, 6.07) is -0.981. The van der Waals surface area contributed by atoms with Crippen LogP contribution >= 0.6 is 0 Å². The van der Waals surface area contributed by atoms with E-state index in [0.717, 1.165) is 0 Å². The number of ketones is 1. The van der Waals surface area contributed by atoms with Gasteiger partial charge in [-0.15, -0.1) is 0 Å². The Bertz CT molecular complexity index is 863. The van der Waals surface area contributed by atoms with Crippen LogP contribution in [0.3, 0.4) is 0 Å². The van der Waals surface area contributed by atoms with Crippen LogP contribution in [0.1, 0.15) is 29.8 Å². The molecule has 0 bridgehead atoms. The number of hydrogen-bond acceptors (Lipinski definition) is 6. The molecule has 0 aromatic heterocycles. The van der Waals surface area contributed by atoms with Gasteiger partial charge in [-0.3, -0.25) is 9.79 Å². The fraction of sp³-hybridized carbons (Fsp3) is 0.312. The van der Waals surface area contributed by atoms with Crippen molar-refractivity contribution >= 4 is 23.2 Å². The Hall–Kier alpha value is -2.75. The van der Waals surface area contributed by atoms with Crippen molar-refractivity contribution in [2.24, 2.45) is 4.99 Å². The van der Waals surface area contributed by atoms with E-state index in [1.54, 1.807) is 0 Å². The summed E-state index contributed by atoms with van der Waals surface area (Å²) in [5, 5.41) is 19.3. The summed E-state index contributed by atoms with van der Waals surface area (Å²) in [5.41, 5.74) is -4.41. The third-order valence-corrected chi connectivity index (χ3v) is 3.51. The van der Waals surface area contributed by atoms with Gasteiger partial charge in [0.05, 0.1) is 30.4 Å². The van der Waals surface area contributed by atoms with Crippen LogP contribution in [0.2, 0.25) is 0 Å². The molecule has 0 radical (unpaired) electrons. The number of Topliss-reactive ketones (excluding diaryl/α,β-unsaturated/α-hetero) is 1. The number of aliphatic imine (C=N–C) groups is 1. The van der Waals surface area contributed by atoms with Crippen LogP contribution in [-0.2, 0) is 9.53 Å². The monoisotopic (exact) mass is 375 g/mol. The van der Waals surface area contributed by atoms with Gasteiger partial charge in [0.1, 0.15) is 17.0 Å². The number of ether oxygens (including phenoxy) is 1. The lowest BCUT2D eigenvalue weighted by molar-refractivity contribution is -0.137. The Morgan fingerprint density at radius 1 is 1.12 bits per heavy atom. The zero-order valence-corrected chi connectivity index (χ0v) is 13.6. The molecule has 1 aromatic rings. The summed E-state index contributed by atoms with van der Waals surface area (Å²) in [6.45, 7) is 1.93. The van der Waals surface area contributed by atoms with Crippen molar-refractivity contribution in [1.82, 2.24) is 0 Å². The van der Waals surface area contributed by atoms with E-state index >= 15 is 0 Å². The van der Waals surface area contributed by atoms with Gasteiger partial charge in [0, 0.05) is 0 Å².